The van der Waals surface area contributed by atoms with Crippen LogP contribution in [0.15, 0.2) is 23.1 Å². The maximum atomic E-state index is 12.6. The van der Waals surface area contributed by atoms with Gasteiger partial charge in [-0.15, -0.1) is 0 Å². The van der Waals surface area contributed by atoms with Gasteiger partial charge in [0.05, 0.1) is 16.6 Å². The second-order valence-corrected chi connectivity index (χ2v) is 7.05. The molecule has 114 valence electrons. The number of sulfonamides is 1. The number of fused-ring (bicyclic) bond motifs is 1. The third-order valence-corrected chi connectivity index (χ3v) is 5.69. The van der Waals surface area contributed by atoms with Crippen LogP contribution in [0.4, 0.5) is 10.5 Å². The van der Waals surface area contributed by atoms with E-state index in [1.54, 1.807) is 4.90 Å². The number of benzene rings is 1. The summed E-state index contributed by atoms with van der Waals surface area (Å²) in [5.41, 5.74) is 5.58. The Labute approximate surface area is 122 Å². The largest absolute Gasteiger partial charge is 0.506 e. The number of amides is 2. The zero-order valence-electron chi connectivity index (χ0n) is 11.2. The molecule has 2 heterocycles. The van der Waals surface area contributed by atoms with Crippen molar-refractivity contribution in [2.24, 2.45) is 0 Å². The average molecular weight is 312 g/mol. The average Bonchev–Trinajstić information content (AvgIpc) is 2.83. The van der Waals surface area contributed by atoms with Gasteiger partial charge in [-0.1, -0.05) is 0 Å². The van der Waals surface area contributed by atoms with Gasteiger partial charge in [0.1, 0.15) is 5.75 Å². The third kappa shape index (κ3) is 2.28. The normalized spacial score (nSPS) is 23.0. The molecule has 0 saturated carbocycles. The van der Waals surface area contributed by atoms with Crippen LogP contribution < -0.4 is 11.1 Å². The lowest BCUT2D eigenvalue weighted by Crippen LogP contribution is -2.53. The van der Waals surface area contributed by atoms with Gasteiger partial charge in [0.25, 0.3) is 0 Å². The molecule has 4 N–H and O–H groups in total. The lowest BCUT2D eigenvalue weighted by Gasteiger charge is -2.35. The fourth-order valence-electron chi connectivity index (χ4n) is 2.64. The zero-order chi connectivity index (χ0) is 15.2. The Balaban J connectivity index is 1.85. The third-order valence-electron chi connectivity index (χ3n) is 3.83. The molecule has 1 aromatic rings. The standard InChI is InChI=1S/C12H16N4O4S/c13-10-5-9(1-2-11(10)17)21(19,20)15-3-4-16-8(7-15)6-14-12(16)18/h1-2,5,8,17H,3-4,6-7,13H2,(H,14,18). The van der Waals surface area contributed by atoms with Crippen molar-refractivity contribution in [1.29, 1.82) is 0 Å². The van der Waals surface area contributed by atoms with E-state index in [-0.39, 0.29) is 41.5 Å². The molecule has 2 amide bonds. The van der Waals surface area contributed by atoms with E-state index >= 15 is 0 Å². The van der Waals surface area contributed by atoms with Crippen LogP contribution in [-0.4, -0.2) is 61.0 Å². The molecule has 0 aliphatic carbocycles. The van der Waals surface area contributed by atoms with Crippen LogP contribution >= 0.6 is 0 Å². The van der Waals surface area contributed by atoms with Gasteiger partial charge in [-0.05, 0) is 18.2 Å². The molecule has 3 rings (SSSR count). The number of nitrogens with zero attached hydrogens (tertiary/aromatic N) is 2. The van der Waals surface area contributed by atoms with Crippen LogP contribution in [0.25, 0.3) is 0 Å². The summed E-state index contributed by atoms with van der Waals surface area (Å²) in [7, 11) is -3.68. The monoisotopic (exact) mass is 312 g/mol. The minimum atomic E-state index is -3.68. The summed E-state index contributed by atoms with van der Waals surface area (Å²) in [5.74, 6) is -0.149. The Morgan fingerprint density at radius 3 is 2.81 bits per heavy atom. The summed E-state index contributed by atoms with van der Waals surface area (Å²) in [6.45, 7) is 1.31. The molecule has 0 bridgehead atoms. The highest BCUT2D eigenvalue weighted by Crippen LogP contribution is 2.27. The molecule has 9 heteroatoms. The molecule has 2 aliphatic rings. The lowest BCUT2D eigenvalue weighted by atomic mass is 10.2. The second kappa shape index (κ2) is 4.78. The number of phenolic OH excluding ortho intramolecular Hbond substituents is 1. The molecule has 1 atom stereocenters. The van der Waals surface area contributed by atoms with Crippen molar-refractivity contribution >= 4 is 21.7 Å². The molecule has 2 saturated heterocycles. The highest BCUT2D eigenvalue weighted by Gasteiger charge is 2.39. The van der Waals surface area contributed by atoms with Crippen molar-refractivity contribution in [3.63, 3.8) is 0 Å². The first-order valence-electron chi connectivity index (χ1n) is 6.53. The van der Waals surface area contributed by atoms with Gasteiger partial charge in [0.2, 0.25) is 10.0 Å². The summed E-state index contributed by atoms with van der Waals surface area (Å²) in [5, 5.41) is 12.1. The number of piperazine rings is 1. The van der Waals surface area contributed by atoms with Crippen molar-refractivity contribution in [3.05, 3.63) is 18.2 Å². The smallest absolute Gasteiger partial charge is 0.317 e. The first-order valence-corrected chi connectivity index (χ1v) is 7.97. The summed E-state index contributed by atoms with van der Waals surface area (Å²) in [6.07, 6.45) is 0. The van der Waals surface area contributed by atoms with Gasteiger partial charge in [0.15, 0.2) is 0 Å². The number of carbonyl (C=O) groups excluding carboxylic acids is 1. The lowest BCUT2D eigenvalue weighted by molar-refractivity contribution is 0.164. The Morgan fingerprint density at radius 1 is 1.33 bits per heavy atom. The van der Waals surface area contributed by atoms with Crippen molar-refractivity contribution in [2.45, 2.75) is 10.9 Å². The molecule has 2 aliphatic heterocycles. The van der Waals surface area contributed by atoms with Gasteiger partial charge in [-0.25, -0.2) is 13.2 Å². The highest BCUT2D eigenvalue weighted by atomic mass is 32.2. The fourth-order valence-corrected chi connectivity index (χ4v) is 4.14. The predicted octanol–water partition coefficient (Wildman–Crippen LogP) is -0.627. The number of nitrogens with one attached hydrogen (secondary N) is 1. The van der Waals surface area contributed by atoms with Gasteiger partial charge in [0, 0.05) is 26.2 Å². The fraction of sp³-hybridized carbons (Fsp3) is 0.417. The van der Waals surface area contributed by atoms with Crippen molar-refractivity contribution in [3.8, 4) is 5.75 Å². The van der Waals surface area contributed by atoms with E-state index in [4.69, 9.17) is 5.73 Å². The van der Waals surface area contributed by atoms with Crippen LogP contribution in [0.5, 0.6) is 5.75 Å². The molecule has 1 unspecified atom stereocenters. The van der Waals surface area contributed by atoms with Crippen molar-refractivity contribution < 1.29 is 18.3 Å². The molecular weight excluding hydrogens is 296 g/mol. The molecule has 0 aromatic heterocycles. The quantitative estimate of drug-likeness (QED) is 0.497. The Kier molecular flexibility index (Phi) is 3.18. The number of nitrogens with two attached hydrogens (primary N) is 1. The zero-order valence-corrected chi connectivity index (χ0v) is 12.0. The minimum Gasteiger partial charge on any atom is -0.506 e. The molecular formula is C12H16N4O4S. The van der Waals surface area contributed by atoms with Crippen molar-refractivity contribution in [2.75, 3.05) is 31.9 Å². The molecule has 0 spiro atoms. The summed E-state index contributed by atoms with van der Waals surface area (Å²) >= 11 is 0. The van der Waals surface area contributed by atoms with Gasteiger partial charge in [-0.3, -0.25) is 0 Å². The van der Waals surface area contributed by atoms with E-state index in [0.29, 0.717) is 13.1 Å². The maximum absolute atomic E-state index is 12.6. The number of carbonyl (C=O) groups is 1. The number of phenols is 1. The summed E-state index contributed by atoms with van der Waals surface area (Å²) in [4.78, 5) is 13.2. The van der Waals surface area contributed by atoms with Crippen LogP contribution in [0, 0.1) is 0 Å². The SMILES string of the molecule is Nc1cc(S(=O)(=O)N2CCN3C(=O)NCC3C2)ccc1O. The molecule has 21 heavy (non-hydrogen) atoms. The molecule has 8 nitrogen and oxygen atoms in total. The second-order valence-electron chi connectivity index (χ2n) is 5.12. The van der Waals surface area contributed by atoms with E-state index in [9.17, 15) is 18.3 Å². The number of nitrogen functional groups attached to an aromatic ring is 1. The van der Waals surface area contributed by atoms with E-state index in [0.717, 1.165) is 0 Å². The van der Waals surface area contributed by atoms with Crippen LogP contribution in [0.2, 0.25) is 0 Å². The van der Waals surface area contributed by atoms with E-state index in [1.165, 1.54) is 22.5 Å². The van der Waals surface area contributed by atoms with Gasteiger partial charge >= 0.3 is 6.03 Å². The Morgan fingerprint density at radius 2 is 2.10 bits per heavy atom. The number of hydrogen-bond acceptors (Lipinski definition) is 5. The Bertz CT molecular complexity index is 690. The number of hydrogen-bond donors (Lipinski definition) is 3. The maximum Gasteiger partial charge on any atom is 0.317 e. The van der Waals surface area contributed by atoms with E-state index in [1.807, 2.05) is 0 Å². The van der Waals surface area contributed by atoms with Gasteiger partial charge in [-0.2, -0.15) is 4.31 Å². The predicted molar refractivity (Wildman–Crippen MR) is 75.2 cm³/mol. The minimum absolute atomic E-state index is 0.0208. The topological polar surface area (TPSA) is 116 Å². The molecule has 0 radical (unpaired) electrons. The molecule has 1 aromatic carbocycles. The van der Waals surface area contributed by atoms with Crippen molar-refractivity contribution in [1.82, 2.24) is 14.5 Å². The first kappa shape index (κ1) is 14.0. The van der Waals surface area contributed by atoms with E-state index < -0.39 is 10.0 Å². The highest BCUT2D eigenvalue weighted by molar-refractivity contribution is 7.89. The Hall–Kier alpha value is -2.00. The van der Waals surface area contributed by atoms with Gasteiger partial charge < -0.3 is 21.1 Å². The molecule has 2 fully saturated rings. The number of anilines is 1. The summed E-state index contributed by atoms with van der Waals surface area (Å²) in [6, 6.07) is 3.54. The summed E-state index contributed by atoms with van der Waals surface area (Å²) < 4.78 is 26.5. The van der Waals surface area contributed by atoms with Crippen LogP contribution in [0.3, 0.4) is 0 Å². The number of aromatic hydroxyl groups is 1. The first-order chi connectivity index (χ1) is 9.89. The number of urea groups is 1. The van der Waals surface area contributed by atoms with Crippen LogP contribution in [0.1, 0.15) is 0 Å². The van der Waals surface area contributed by atoms with E-state index in [2.05, 4.69) is 5.32 Å². The van der Waals surface area contributed by atoms with Crippen LogP contribution in [-0.2, 0) is 10.0 Å². The number of rotatable bonds is 2.